The summed E-state index contributed by atoms with van der Waals surface area (Å²) < 4.78 is 10.8. The van der Waals surface area contributed by atoms with Gasteiger partial charge >= 0.3 is 0 Å². The van der Waals surface area contributed by atoms with E-state index < -0.39 is 0 Å². The van der Waals surface area contributed by atoms with Crippen LogP contribution in [0.5, 0.6) is 5.88 Å². The molecule has 3 heterocycles. The molecule has 3 rings (SSSR count). The molecule has 0 amide bonds. The van der Waals surface area contributed by atoms with Gasteiger partial charge in [0.15, 0.2) is 5.82 Å². The molecule has 0 aliphatic carbocycles. The Kier molecular flexibility index (Phi) is 6.84. The number of ether oxygens (including phenoxy) is 2. The van der Waals surface area contributed by atoms with Crippen molar-refractivity contribution in [3.8, 4) is 5.88 Å². The lowest BCUT2D eigenvalue weighted by Crippen LogP contribution is -2.42. The Morgan fingerprint density at radius 1 is 1.15 bits per heavy atom. The Bertz CT molecular complexity index is 741. The summed E-state index contributed by atoms with van der Waals surface area (Å²) in [6, 6.07) is 3.86. The number of nitrogens with zero attached hydrogens (tertiary/aromatic N) is 4. The van der Waals surface area contributed by atoms with E-state index >= 15 is 0 Å². The predicted molar refractivity (Wildman–Crippen MR) is 108 cm³/mol. The molecule has 0 atom stereocenters. The van der Waals surface area contributed by atoms with Crippen LogP contribution in [0.25, 0.3) is 12.2 Å². The van der Waals surface area contributed by atoms with Crippen LogP contribution in [0.2, 0.25) is 0 Å². The Balaban J connectivity index is 1.62. The van der Waals surface area contributed by atoms with Gasteiger partial charge in [0.1, 0.15) is 12.4 Å². The molecule has 2 aromatic rings. The van der Waals surface area contributed by atoms with Gasteiger partial charge in [0.2, 0.25) is 5.88 Å². The molecule has 1 N–H and O–H groups in total. The van der Waals surface area contributed by atoms with Crippen molar-refractivity contribution in [2.75, 3.05) is 44.5 Å². The zero-order valence-corrected chi connectivity index (χ0v) is 16.4. The monoisotopic (exact) mass is 371 g/mol. The molecule has 0 saturated heterocycles. The van der Waals surface area contributed by atoms with Gasteiger partial charge in [0, 0.05) is 32.0 Å². The Hall–Kier alpha value is -2.38. The number of pyridine rings is 1. The second-order valence-corrected chi connectivity index (χ2v) is 6.38. The van der Waals surface area contributed by atoms with Crippen LogP contribution < -0.4 is 9.64 Å². The van der Waals surface area contributed by atoms with E-state index in [0.29, 0.717) is 25.7 Å². The first-order valence-corrected chi connectivity index (χ1v) is 9.64. The van der Waals surface area contributed by atoms with E-state index in [4.69, 9.17) is 14.5 Å². The molecule has 2 aromatic heterocycles. The highest BCUT2D eigenvalue weighted by Crippen LogP contribution is 2.25. The minimum Gasteiger partial charge on any atom is -0.475 e. The second-order valence-electron chi connectivity index (χ2n) is 6.38. The number of hydrogen-bond acceptors (Lipinski definition) is 6. The van der Waals surface area contributed by atoms with Crippen LogP contribution in [0.1, 0.15) is 37.9 Å². The molecule has 0 bridgehead atoms. The van der Waals surface area contributed by atoms with Crippen LogP contribution in [0.4, 0.5) is 5.82 Å². The molecule has 1 aliphatic heterocycles. The minimum absolute atomic E-state index is 0.511. The Morgan fingerprint density at radius 2 is 2.04 bits per heavy atom. The molecule has 0 spiro atoms. The van der Waals surface area contributed by atoms with Crippen molar-refractivity contribution in [1.82, 2.24) is 19.9 Å². The van der Waals surface area contributed by atoms with Crippen LogP contribution in [0.15, 0.2) is 18.3 Å². The third kappa shape index (κ3) is 5.08. The number of H-pyrrole nitrogens is 1. The maximum atomic E-state index is 5.54. The van der Waals surface area contributed by atoms with Crippen molar-refractivity contribution in [3.05, 3.63) is 35.4 Å². The number of nitrogens with one attached hydrogen (secondary N) is 1. The van der Waals surface area contributed by atoms with E-state index in [1.807, 2.05) is 31.2 Å². The highest BCUT2D eigenvalue weighted by molar-refractivity contribution is 5.67. The fraction of sp³-hybridized carbons (Fsp3) is 0.500. The zero-order chi connectivity index (χ0) is 19.1. The van der Waals surface area contributed by atoms with Gasteiger partial charge in [-0.05, 0) is 44.2 Å². The lowest BCUT2D eigenvalue weighted by atomic mass is 10.2. The summed E-state index contributed by atoms with van der Waals surface area (Å²) in [6.07, 6.45) is 5.80. The first kappa shape index (κ1) is 19.4. The lowest BCUT2D eigenvalue weighted by Gasteiger charge is -2.34. The highest BCUT2D eigenvalue weighted by Gasteiger charge is 2.23. The normalized spacial score (nSPS) is 14.7. The van der Waals surface area contributed by atoms with Gasteiger partial charge in [-0.2, -0.15) is 0 Å². The number of rotatable bonds is 9. The van der Waals surface area contributed by atoms with Gasteiger partial charge < -0.3 is 19.4 Å². The smallest absolute Gasteiger partial charge is 0.213 e. The molecule has 7 heteroatoms. The van der Waals surface area contributed by atoms with Crippen LogP contribution in [0.3, 0.4) is 0 Å². The standard InChI is InChI=1S/C20H29N5O2/c1-4-24-14-17-20(25(5-2)15-24)23-18(22-17)9-7-16-8-10-19(21-13-16)27-12-11-26-6-3/h7-10,13H,4-6,11-12,14-15H2,1-3H3,(H,22,23)/b9-7+. The van der Waals surface area contributed by atoms with Gasteiger partial charge in [-0.25, -0.2) is 9.97 Å². The van der Waals surface area contributed by atoms with E-state index in [2.05, 4.69) is 33.6 Å². The summed E-state index contributed by atoms with van der Waals surface area (Å²) in [5, 5.41) is 0. The van der Waals surface area contributed by atoms with E-state index in [0.717, 1.165) is 43.5 Å². The van der Waals surface area contributed by atoms with Crippen LogP contribution in [-0.2, 0) is 11.3 Å². The first-order chi connectivity index (χ1) is 13.2. The quantitative estimate of drug-likeness (QED) is 0.684. The van der Waals surface area contributed by atoms with E-state index in [1.165, 1.54) is 5.69 Å². The summed E-state index contributed by atoms with van der Waals surface area (Å²) in [7, 11) is 0. The lowest BCUT2D eigenvalue weighted by molar-refractivity contribution is 0.108. The molecule has 0 radical (unpaired) electrons. The number of aromatic amines is 1. The Labute approximate surface area is 161 Å². The van der Waals surface area contributed by atoms with Crippen molar-refractivity contribution >= 4 is 18.0 Å². The number of anilines is 1. The van der Waals surface area contributed by atoms with Gasteiger partial charge in [-0.1, -0.05) is 6.92 Å². The van der Waals surface area contributed by atoms with Gasteiger partial charge in [0.05, 0.1) is 19.0 Å². The molecule has 7 nitrogen and oxygen atoms in total. The summed E-state index contributed by atoms with van der Waals surface area (Å²) in [6.45, 7) is 11.9. The van der Waals surface area contributed by atoms with E-state index in [1.54, 1.807) is 6.20 Å². The maximum absolute atomic E-state index is 5.54. The molecule has 0 unspecified atom stereocenters. The maximum Gasteiger partial charge on any atom is 0.213 e. The average Bonchev–Trinajstić information content (AvgIpc) is 3.12. The van der Waals surface area contributed by atoms with Crippen molar-refractivity contribution in [2.24, 2.45) is 0 Å². The summed E-state index contributed by atoms with van der Waals surface area (Å²) >= 11 is 0. The average molecular weight is 371 g/mol. The third-order valence-corrected chi connectivity index (χ3v) is 4.53. The largest absolute Gasteiger partial charge is 0.475 e. The van der Waals surface area contributed by atoms with Gasteiger partial charge in [0.25, 0.3) is 0 Å². The zero-order valence-electron chi connectivity index (χ0n) is 16.4. The number of fused-ring (bicyclic) bond motifs is 1. The van der Waals surface area contributed by atoms with Crippen LogP contribution in [0, 0.1) is 0 Å². The molecular weight excluding hydrogens is 342 g/mol. The number of imidazole rings is 1. The molecule has 1 aliphatic rings. The third-order valence-electron chi connectivity index (χ3n) is 4.53. The topological polar surface area (TPSA) is 66.5 Å². The van der Waals surface area contributed by atoms with E-state index in [-0.39, 0.29) is 0 Å². The highest BCUT2D eigenvalue weighted by atomic mass is 16.5. The predicted octanol–water partition coefficient (Wildman–Crippen LogP) is 3.01. The Morgan fingerprint density at radius 3 is 2.74 bits per heavy atom. The SMILES string of the molecule is CCOCCOc1ccc(/C=C/c2nc3c([nH]2)CN(CC)CN3CC)cn1. The summed E-state index contributed by atoms with van der Waals surface area (Å²) in [4.78, 5) is 17.2. The molecule has 27 heavy (non-hydrogen) atoms. The fourth-order valence-corrected chi connectivity index (χ4v) is 3.01. The van der Waals surface area contributed by atoms with Crippen LogP contribution in [-0.4, -0.2) is 59.4 Å². The summed E-state index contributed by atoms with van der Waals surface area (Å²) in [5.41, 5.74) is 2.19. The van der Waals surface area contributed by atoms with Crippen molar-refractivity contribution < 1.29 is 9.47 Å². The molecular formula is C20H29N5O2. The first-order valence-electron chi connectivity index (χ1n) is 9.64. The van der Waals surface area contributed by atoms with Crippen molar-refractivity contribution in [3.63, 3.8) is 0 Å². The van der Waals surface area contributed by atoms with Crippen molar-refractivity contribution in [1.29, 1.82) is 0 Å². The van der Waals surface area contributed by atoms with Crippen molar-refractivity contribution in [2.45, 2.75) is 27.3 Å². The van der Waals surface area contributed by atoms with Gasteiger partial charge in [-0.3, -0.25) is 4.90 Å². The second kappa shape index (κ2) is 9.53. The molecule has 0 fully saturated rings. The van der Waals surface area contributed by atoms with Gasteiger partial charge in [-0.15, -0.1) is 0 Å². The van der Waals surface area contributed by atoms with E-state index in [9.17, 15) is 0 Å². The molecule has 146 valence electrons. The fourth-order valence-electron chi connectivity index (χ4n) is 3.01. The number of hydrogen-bond donors (Lipinski definition) is 1. The number of aromatic nitrogens is 3. The van der Waals surface area contributed by atoms with Crippen LogP contribution >= 0.6 is 0 Å². The molecule has 0 saturated carbocycles. The molecule has 0 aromatic carbocycles. The minimum atomic E-state index is 0.511. The summed E-state index contributed by atoms with van der Waals surface area (Å²) in [5.74, 6) is 2.55.